The van der Waals surface area contributed by atoms with Crippen molar-refractivity contribution in [1.82, 2.24) is 5.32 Å². The van der Waals surface area contributed by atoms with Crippen LogP contribution in [-0.4, -0.2) is 34.6 Å². The fraction of sp³-hybridized carbons (Fsp3) is 0.400. The predicted molar refractivity (Wildman–Crippen MR) is 57.9 cm³/mol. The number of hydrogen-bond donors (Lipinski definition) is 4. The van der Waals surface area contributed by atoms with Gasteiger partial charge in [0.1, 0.15) is 5.75 Å². The Morgan fingerprint density at radius 3 is 2.53 bits per heavy atom. The molecule has 1 aromatic rings. The van der Waals surface area contributed by atoms with Crippen molar-refractivity contribution in [3.05, 3.63) is 28.8 Å². The molecule has 0 fully saturated rings. The van der Waals surface area contributed by atoms with Crippen molar-refractivity contribution in [2.75, 3.05) is 13.2 Å². The van der Waals surface area contributed by atoms with Crippen molar-refractivity contribution >= 4 is 11.6 Å². The van der Waals surface area contributed by atoms with E-state index in [0.29, 0.717) is 17.1 Å². The van der Waals surface area contributed by atoms with Crippen molar-refractivity contribution < 1.29 is 15.3 Å². The molecule has 0 aliphatic rings. The molecular weight excluding hydrogens is 218 g/mol. The van der Waals surface area contributed by atoms with Gasteiger partial charge in [-0.15, -0.1) is 0 Å². The van der Waals surface area contributed by atoms with Crippen LogP contribution in [0.25, 0.3) is 0 Å². The van der Waals surface area contributed by atoms with Crippen LogP contribution in [0, 0.1) is 0 Å². The quantitative estimate of drug-likeness (QED) is 0.595. The molecule has 0 bridgehead atoms. The van der Waals surface area contributed by atoms with Crippen molar-refractivity contribution in [2.24, 2.45) is 0 Å². The SMILES string of the molecule is OCC(CO)NCc1cc(Cl)ccc1O. The van der Waals surface area contributed by atoms with Crippen LogP contribution < -0.4 is 5.32 Å². The van der Waals surface area contributed by atoms with Crippen molar-refractivity contribution in [2.45, 2.75) is 12.6 Å². The molecule has 15 heavy (non-hydrogen) atoms. The van der Waals surface area contributed by atoms with Crippen LogP contribution in [0.4, 0.5) is 0 Å². The Kier molecular flexibility index (Phi) is 4.84. The molecule has 0 aliphatic heterocycles. The summed E-state index contributed by atoms with van der Waals surface area (Å²) in [6, 6.07) is 4.35. The molecule has 0 heterocycles. The number of aliphatic hydroxyl groups is 2. The largest absolute Gasteiger partial charge is 0.508 e. The fourth-order valence-electron chi connectivity index (χ4n) is 1.14. The van der Waals surface area contributed by atoms with Crippen molar-refractivity contribution in [3.8, 4) is 5.75 Å². The van der Waals surface area contributed by atoms with E-state index in [4.69, 9.17) is 21.8 Å². The lowest BCUT2D eigenvalue weighted by atomic mass is 10.2. The minimum atomic E-state index is -0.386. The summed E-state index contributed by atoms with van der Waals surface area (Å²) in [4.78, 5) is 0. The van der Waals surface area contributed by atoms with E-state index < -0.39 is 0 Å². The summed E-state index contributed by atoms with van der Waals surface area (Å²) < 4.78 is 0. The number of benzene rings is 1. The van der Waals surface area contributed by atoms with Gasteiger partial charge in [0, 0.05) is 17.1 Å². The van der Waals surface area contributed by atoms with E-state index in [0.717, 1.165) is 0 Å². The Labute approximate surface area is 93.1 Å². The zero-order chi connectivity index (χ0) is 11.3. The first-order valence-corrected chi connectivity index (χ1v) is 4.97. The molecule has 1 rings (SSSR count). The van der Waals surface area contributed by atoms with Gasteiger partial charge in [-0.25, -0.2) is 0 Å². The first-order chi connectivity index (χ1) is 7.17. The van der Waals surface area contributed by atoms with Gasteiger partial charge < -0.3 is 20.6 Å². The normalized spacial score (nSPS) is 10.9. The minimum Gasteiger partial charge on any atom is -0.508 e. The van der Waals surface area contributed by atoms with Gasteiger partial charge in [-0.2, -0.15) is 0 Å². The van der Waals surface area contributed by atoms with Crippen LogP contribution in [0.5, 0.6) is 5.75 Å². The Morgan fingerprint density at radius 2 is 1.93 bits per heavy atom. The number of halogens is 1. The molecule has 0 atom stereocenters. The van der Waals surface area contributed by atoms with Crippen LogP contribution >= 0.6 is 11.6 Å². The summed E-state index contributed by atoms with van der Waals surface area (Å²) in [5, 5.41) is 30.5. The monoisotopic (exact) mass is 231 g/mol. The van der Waals surface area contributed by atoms with E-state index in [1.807, 2.05) is 0 Å². The highest BCUT2D eigenvalue weighted by Crippen LogP contribution is 2.21. The summed E-state index contributed by atoms with van der Waals surface area (Å²) >= 11 is 5.76. The maximum Gasteiger partial charge on any atom is 0.120 e. The number of phenolic OH excluding ortho intramolecular Hbond substituents is 1. The lowest BCUT2D eigenvalue weighted by Crippen LogP contribution is -2.35. The number of rotatable bonds is 5. The number of nitrogens with one attached hydrogen (secondary N) is 1. The average molecular weight is 232 g/mol. The third-order valence-electron chi connectivity index (χ3n) is 2.06. The molecule has 0 aliphatic carbocycles. The standard InChI is InChI=1S/C10H14ClNO3/c11-8-1-2-10(15)7(3-8)4-12-9(5-13)6-14/h1-3,9,12-15H,4-6H2. The van der Waals surface area contributed by atoms with Crippen LogP contribution in [0.2, 0.25) is 5.02 Å². The van der Waals surface area contributed by atoms with Gasteiger partial charge in [0.05, 0.1) is 19.3 Å². The lowest BCUT2D eigenvalue weighted by molar-refractivity contribution is 0.170. The smallest absolute Gasteiger partial charge is 0.120 e. The van der Waals surface area contributed by atoms with Crippen LogP contribution in [0.3, 0.4) is 0 Å². The summed E-state index contributed by atoms with van der Waals surface area (Å²) in [6.45, 7) is 0.0356. The van der Waals surface area contributed by atoms with Gasteiger partial charge in [0.15, 0.2) is 0 Å². The molecule has 0 saturated heterocycles. The highest BCUT2D eigenvalue weighted by molar-refractivity contribution is 6.30. The lowest BCUT2D eigenvalue weighted by Gasteiger charge is -2.13. The molecule has 84 valence electrons. The Hall–Kier alpha value is -0.810. The first kappa shape index (κ1) is 12.3. The van der Waals surface area contributed by atoms with E-state index in [2.05, 4.69) is 5.32 Å². The topological polar surface area (TPSA) is 72.7 Å². The van der Waals surface area contributed by atoms with Gasteiger partial charge in [-0.3, -0.25) is 0 Å². The van der Waals surface area contributed by atoms with Gasteiger partial charge >= 0.3 is 0 Å². The van der Waals surface area contributed by atoms with Crippen LogP contribution in [0.1, 0.15) is 5.56 Å². The number of hydrogen-bond acceptors (Lipinski definition) is 4. The van der Waals surface area contributed by atoms with E-state index in [-0.39, 0.29) is 25.0 Å². The molecular formula is C10H14ClNO3. The molecule has 5 heteroatoms. The molecule has 1 aromatic carbocycles. The summed E-state index contributed by atoms with van der Waals surface area (Å²) in [6.07, 6.45) is 0. The number of aromatic hydroxyl groups is 1. The molecule has 0 radical (unpaired) electrons. The van der Waals surface area contributed by atoms with Crippen molar-refractivity contribution in [1.29, 1.82) is 0 Å². The van der Waals surface area contributed by atoms with Gasteiger partial charge in [0.2, 0.25) is 0 Å². The highest BCUT2D eigenvalue weighted by Gasteiger charge is 2.07. The minimum absolute atomic E-state index is 0.140. The Morgan fingerprint density at radius 1 is 1.27 bits per heavy atom. The molecule has 0 spiro atoms. The second kappa shape index (κ2) is 5.92. The number of phenols is 1. The van der Waals surface area contributed by atoms with Gasteiger partial charge in [0.25, 0.3) is 0 Å². The fourth-order valence-corrected chi connectivity index (χ4v) is 1.33. The van der Waals surface area contributed by atoms with E-state index in [1.165, 1.54) is 6.07 Å². The maximum atomic E-state index is 9.47. The van der Waals surface area contributed by atoms with Crippen molar-refractivity contribution in [3.63, 3.8) is 0 Å². The average Bonchev–Trinajstić information content (AvgIpc) is 2.24. The number of aliphatic hydroxyl groups excluding tert-OH is 2. The highest BCUT2D eigenvalue weighted by atomic mass is 35.5. The van der Waals surface area contributed by atoms with Crippen LogP contribution in [-0.2, 0) is 6.54 Å². The third kappa shape index (κ3) is 3.68. The van der Waals surface area contributed by atoms with Gasteiger partial charge in [-0.1, -0.05) is 11.6 Å². The molecule has 0 saturated carbocycles. The molecule has 0 unspecified atom stereocenters. The molecule has 4 nitrogen and oxygen atoms in total. The zero-order valence-corrected chi connectivity index (χ0v) is 8.91. The Balaban J connectivity index is 2.60. The molecule has 4 N–H and O–H groups in total. The molecule has 0 aromatic heterocycles. The maximum absolute atomic E-state index is 9.47. The van der Waals surface area contributed by atoms with E-state index in [9.17, 15) is 5.11 Å². The first-order valence-electron chi connectivity index (χ1n) is 4.60. The summed E-state index contributed by atoms with van der Waals surface area (Å²) in [5.74, 6) is 0.140. The third-order valence-corrected chi connectivity index (χ3v) is 2.30. The van der Waals surface area contributed by atoms with E-state index in [1.54, 1.807) is 12.1 Å². The zero-order valence-electron chi connectivity index (χ0n) is 8.15. The molecule has 0 amide bonds. The second-order valence-electron chi connectivity index (χ2n) is 3.22. The summed E-state index contributed by atoms with van der Waals surface area (Å²) in [7, 11) is 0. The van der Waals surface area contributed by atoms with Crippen LogP contribution in [0.15, 0.2) is 18.2 Å². The Bertz CT molecular complexity index is 316. The predicted octanol–water partition coefficient (Wildman–Crippen LogP) is 0.488. The van der Waals surface area contributed by atoms with Gasteiger partial charge in [-0.05, 0) is 18.2 Å². The second-order valence-corrected chi connectivity index (χ2v) is 3.65. The van der Waals surface area contributed by atoms with E-state index >= 15 is 0 Å². The summed E-state index contributed by atoms with van der Waals surface area (Å²) in [5.41, 5.74) is 0.634.